The Kier molecular flexibility index (Phi) is 4.45. The quantitative estimate of drug-likeness (QED) is 0.534. The van der Waals surface area contributed by atoms with Gasteiger partial charge in [-0.1, -0.05) is 0 Å². The molecule has 0 aromatic heterocycles. The van der Waals surface area contributed by atoms with E-state index in [0.29, 0.717) is 6.54 Å². The van der Waals surface area contributed by atoms with Crippen molar-refractivity contribution in [1.82, 2.24) is 5.32 Å². The van der Waals surface area contributed by atoms with Crippen molar-refractivity contribution in [3.05, 3.63) is 0 Å². The molecule has 1 aliphatic rings. The Labute approximate surface area is 67.0 Å². The summed E-state index contributed by atoms with van der Waals surface area (Å²) in [5.41, 5.74) is 5.30. The van der Waals surface area contributed by atoms with Crippen LogP contribution >= 0.6 is 0 Å². The summed E-state index contributed by atoms with van der Waals surface area (Å²) in [5.74, 6) is 0. The average Bonchev–Trinajstić information content (AvgIpc) is 2.07. The fourth-order valence-electron chi connectivity index (χ4n) is 0.976. The lowest BCUT2D eigenvalue weighted by molar-refractivity contribution is -0.174. The average molecular weight is 160 g/mol. The van der Waals surface area contributed by atoms with Gasteiger partial charge < -0.3 is 20.5 Å². The molecular formula is C7H16N2O2. The van der Waals surface area contributed by atoms with Crippen LogP contribution in [0.2, 0.25) is 0 Å². The molecule has 0 unspecified atom stereocenters. The van der Waals surface area contributed by atoms with Gasteiger partial charge in [0, 0.05) is 19.6 Å². The van der Waals surface area contributed by atoms with Crippen LogP contribution in [0, 0.1) is 0 Å². The molecule has 0 atom stereocenters. The Morgan fingerprint density at radius 1 is 1.36 bits per heavy atom. The van der Waals surface area contributed by atoms with E-state index in [1.807, 2.05) is 0 Å². The number of hydrogen-bond acceptors (Lipinski definition) is 4. The van der Waals surface area contributed by atoms with Crippen molar-refractivity contribution in [2.24, 2.45) is 5.73 Å². The van der Waals surface area contributed by atoms with Crippen LogP contribution in [0.1, 0.15) is 6.42 Å². The minimum absolute atomic E-state index is 0.0599. The first-order valence-corrected chi connectivity index (χ1v) is 4.07. The third kappa shape index (κ3) is 3.67. The van der Waals surface area contributed by atoms with Gasteiger partial charge in [-0.25, -0.2) is 0 Å². The van der Waals surface area contributed by atoms with Crippen molar-refractivity contribution in [2.45, 2.75) is 12.7 Å². The zero-order chi connectivity index (χ0) is 7.94. The number of hydrogen-bond donors (Lipinski definition) is 2. The summed E-state index contributed by atoms with van der Waals surface area (Å²) in [6, 6.07) is 0. The largest absolute Gasteiger partial charge is 0.351 e. The summed E-state index contributed by atoms with van der Waals surface area (Å²) >= 11 is 0. The van der Waals surface area contributed by atoms with Gasteiger partial charge in [0.05, 0.1) is 13.2 Å². The van der Waals surface area contributed by atoms with E-state index < -0.39 is 0 Å². The lowest BCUT2D eigenvalue weighted by Crippen LogP contribution is -2.36. The Hall–Kier alpha value is -0.160. The molecule has 11 heavy (non-hydrogen) atoms. The SMILES string of the molecule is NCCNCC1OCCCO1. The van der Waals surface area contributed by atoms with Gasteiger partial charge in [-0.15, -0.1) is 0 Å². The second-order valence-electron chi connectivity index (χ2n) is 2.52. The first kappa shape index (κ1) is 8.93. The summed E-state index contributed by atoms with van der Waals surface area (Å²) in [4.78, 5) is 0. The van der Waals surface area contributed by atoms with E-state index in [1.54, 1.807) is 0 Å². The molecule has 0 bridgehead atoms. The van der Waals surface area contributed by atoms with Crippen molar-refractivity contribution >= 4 is 0 Å². The molecule has 3 N–H and O–H groups in total. The highest BCUT2D eigenvalue weighted by molar-refractivity contribution is 4.55. The lowest BCUT2D eigenvalue weighted by atomic mass is 10.4. The van der Waals surface area contributed by atoms with Gasteiger partial charge in [-0.2, -0.15) is 0 Å². The van der Waals surface area contributed by atoms with Gasteiger partial charge in [0.2, 0.25) is 0 Å². The third-order valence-electron chi connectivity index (χ3n) is 1.53. The number of nitrogens with two attached hydrogens (primary N) is 1. The van der Waals surface area contributed by atoms with E-state index in [9.17, 15) is 0 Å². The van der Waals surface area contributed by atoms with Gasteiger partial charge in [0.25, 0.3) is 0 Å². The van der Waals surface area contributed by atoms with E-state index in [-0.39, 0.29) is 6.29 Å². The van der Waals surface area contributed by atoms with Crippen LogP contribution in [0.25, 0.3) is 0 Å². The highest BCUT2D eigenvalue weighted by Crippen LogP contribution is 2.02. The van der Waals surface area contributed by atoms with E-state index >= 15 is 0 Å². The number of ether oxygens (including phenoxy) is 2. The molecule has 0 aliphatic carbocycles. The van der Waals surface area contributed by atoms with Crippen LogP contribution in [-0.4, -0.2) is 39.1 Å². The van der Waals surface area contributed by atoms with E-state index in [1.165, 1.54) is 0 Å². The van der Waals surface area contributed by atoms with Crippen LogP contribution < -0.4 is 11.1 Å². The van der Waals surface area contributed by atoms with Gasteiger partial charge in [-0.05, 0) is 6.42 Å². The minimum Gasteiger partial charge on any atom is -0.351 e. The molecule has 1 heterocycles. The topological polar surface area (TPSA) is 56.5 Å². The molecule has 0 aromatic carbocycles. The van der Waals surface area contributed by atoms with E-state index in [4.69, 9.17) is 15.2 Å². The number of nitrogens with one attached hydrogen (secondary N) is 1. The molecule has 66 valence electrons. The molecule has 1 aliphatic heterocycles. The molecule has 4 nitrogen and oxygen atoms in total. The van der Waals surface area contributed by atoms with Crippen molar-refractivity contribution in [1.29, 1.82) is 0 Å². The van der Waals surface area contributed by atoms with Gasteiger partial charge in [-0.3, -0.25) is 0 Å². The summed E-state index contributed by atoms with van der Waals surface area (Å²) < 4.78 is 10.6. The normalized spacial score (nSPS) is 20.5. The first-order valence-electron chi connectivity index (χ1n) is 4.07. The molecule has 4 heteroatoms. The fourth-order valence-corrected chi connectivity index (χ4v) is 0.976. The van der Waals surface area contributed by atoms with Gasteiger partial charge in [0.1, 0.15) is 0 Å². The second-order valence-corrected chi connectivity index (χ2v) is 2.52. The van der Waals surface area contributed by atoms with Crippen LogP contribution in [0.4, 0.5) is 0 Å². The molecule has 1 rings (SSSR count). The minimum atomic E-state index is -0.0599. The smallest absolute Gasteiger partial charge is 0.169 e. The van der Waals surface area contributed by atoms with Crippen LogP contribution in [-0.2, 0) is 9.47 Å². The Balaban J connectivity index is 1.96. The molecule has 0 radical (unpaired) electrons. The Bertz CT molecular complexity index is 94.4. The van der Waals surface area contributed by atoms with Crippen LogP contribution in [0.3, 0.4) is 0 Å². The maximum atomic E-state index is 5.30. The Morgan fingerprint density at radius 2 is 2.09 bits per heavy atom. The molecule has 0 aromatic rings. The van der Waals surface area contributed by atoms with Crippen LogP contribution in [0.15, 0.2) is 0 Å². The van der Waals surface area contributed by atoms with Crippen molar-refractivity contribution in [2.75, 3.05) is 32.8 Å². The molecule has 0 spiro atoms. The molecule has 0 saturated carbocycles. The maximum absolute atomic E-state index is 5.30. The highest BCUT2D eigenvalue weighted by Gasteiger charge is 2.12. The maximum Gasteiger partial charge on any atom is 0.169 e. The van der Waals surface area contributed by atoms with Crippen molar-refractivity contribution < 1.29 is 9.47 Å². The second kappa shape index (κ2) is 5.49. The predicted octanol–water partition coefficient (Wildman–Crippen LogP) is -0.702. The summed E-state index contributed by atoms with van der Waals surface area (Å²) in [7, 11) is 0. The lowest BCUT2D eigenvalue weighted by Gasteiger charge is -2.23. The monoisotopic (exact) mass is 160 g/mol. The zero-order valence-corrected chi connectivity index (χ0v) is 6.71. The third-order valence-corrected chi connectivity index (χ3v) is 1.53. The Morgan fingerprint density at radius 3 is 2.73 bits per heavy atom. The first-order chi connectivity index (χ1) is 5.43. The summed E-state index contributed by atoms with van der Waals surface area (Å²) in [6.07, 6.45) is 0.947. The molecule has 1 saturated heterocycles. The van der Waals surface area contributed by atoms with Crippen LogP contribution in [0.5, 0.6) is 0 Å². The van der Waals surface area contributed by atoms with E-state index in [2.05, 4.69) is 5.32 Å². The van der Waals surface area contributed by atoms with Gasteiger partial charge >= 0.3 is 0 Å². The van der Waals surface area contributed by atoms with Crippen molar-refractivity contribution in [3.63, 3.8) is 0 Å². The molecule has 1 fully saturated rings. The van der Waals surface area contributed by atoms with Gasteiger partial charge in [0.15, 0.2) is 6.29 Å². The predicted molar refractivity (Wildman–Crippen MR) is 42.2 cm³/mol. The van der Waals surface area contributed by atoms with E-state index in [0.717, 1.165) is 32.7 Å². The molecular weight excluding hydrogens is 144 g/mol. The molecule has 0 amide bonds. The number of rotatable bonds is 4. The zero-order valence-electron chi connectivity index (χ0n) is 6.71. The fraction of sp³-hybridized carbons (Fsp3) is 1.00. The standard InChI is InChI=1S/C7H16N2O2/c8-2-3-9-6-7-10-4-1-5-11-7/h7,9H,1-6,8H2. The summed E-state index contributed by atoms with van der Waals surface area (Å²) in [6.45, 7) is 3.86. The highest BCUT2D eigenvalue weighted by atomic mass is 16.7. The van der Waals surface area contributed by atoms with Crippen molar-refractivity contribution in [3.8, 4) is 0 Å². The summed E-state index contributed by atoms with van der Waals surface area (Å²) in [5, 5.41) is 3.13.